The number of amides is 4. The molecule has 4 fully saturated rings. The molecule has 2 aromatic rings. The SMILES string of the molecule is CCCC(=O)OC[C@H]1CN(c2ccc(N3CCOCC3=O)cc2)C(=O)O1.O.O=C1COCCN1c1ccc(N2C[C@H](CO)OC2=O)cc1. The van der Waals surface area contributed by atoms with Crippen molar-refractivity contribution < 1.29 is 58.2 Å². The summed E-state index contributed by atoms with van der Waals surface area (Å²) >= 11 is 0. The summed E-state index contributed by atoms with van der Waals surface area (Å²) in [6, 6.07) is 14.2. The summed E-state index contributed by atoms with van der Waals surface area (Å²) in [4.78, 5) is 65.1. The third kappa shape index (κ3) is 8.77. The van der Waals surface area contributed by atoms with Crippen molar-refractivity contribution in [2.75, 3.05) is 85.4 Å². The standard InChI is InChI=1S/C18H22N2O6.C14H16N2O5.H2O/c1-2-3-17(22)25-11-15-10-20(18(23)26-15)14-6-4-13(5-7-14)19-8-9-24-12-16(19)21;17-8-12-7-16(14(19)21-12)11-3-1-10(2-4-11)15-5-6-20-9-13(15)18;/h4-7,15H,2-3,8-12H2,1H3;1-4,12,17H,5-9H2;1H2/t15-;12-;/m11./s1. The molecule has 0 radical (unpaired) electrons. The molecule has 0 unspecified atom stereocenters. The minimum absolute atomic E-state index is 0. The van der Waals surface area contributed by atoms with Gasteiger partial charge in [-0.3, -0.25) is 24.2 Å². The average molecular weight is 673 g/mol. The van der Waals surface area contributed by atoms with E-state index in [2.05, 4.69) is 0 Å². The Hall–Kier alpha value is -4.77. The summed E-state index contributed by atoms with van der Waals surface area (Å²) < 4.78 is 25.6. The number of hydrogen-bond donors (Lipinski definition) is 1. The van der Waals surface area contributed by atoms with Crippen LogP contribution in [0.3, 0.4) is 0 Å². The van der Waals surface area contributed by atoms with Crippen molar-refractivity contribution in [1.29, 1.82) is 0 Å². The number of rotatable bonds is 9. The molecule has 4 aliphatic heterocycles. The van der Waals surface area contributed by atoms with Gasteiger partial charge in [0, 0.05) is 42.3 Å². The molecule has 0 aromatic heterocycles. The predicted octanol–water partition coefficient (Wildman–Crippen LogP) is 1.26. The Labute approximate surface area is 276 Å². The third-order valence-corrected chi connectivity index (χ3v) is 7.75. The minimum Gasteiger partial charge on any atom is -0.462 e. The zero-order valence-electron chi connectivity index (χ0n) is 26.6. The Morgan fingerprint density at radius 3 is 1.54 bits per heavy atom. The molecule has 0 saturated carbocycles. The van der Waals surface area contributed by atoms with Gasteiger partial charge in [-0.2, -0.15) is 0 Å². The smallest absolute Gasteiger partial charge is 0.414 e. The number of morpholine rings is 2. The number of ether oxygens (including phenoxy) is 5. The van der Waals surface area contributed by atoms with Gasteiger partial charge in [0.1, 0.15) is 25.9 Å². The summed E-state index contributed by atoms with van der Waals surface area (Å²) in [5.74, 6) is -0.449. The molecule has 4 aliphatic rings. The first-order valence-corrected chi connectivity index (χ1v) is 15.5. The van der Waals surface area contributed by atoms with Gasteiger partial charge in [-0.25, -0.2) is 9.59 Å². The van der Waals surface area contributed by atoms with Crippen LogP contribution in [0, 0.1) is 0 Å². The van der Waals surface area contributed by atoms with Crippen LogP contribution < -0.4 is 19.6 Å². The zero-order valence-corrected chi connectivity index (χ0v) is 26.6. The zero-order chi connectivity index (χ0) is 33.3. The number of cyclic esters (lactones) is 2. The lowest BCUT2D eigenvalue weighted by atomic mass is 10.2. The molecule has 6 rings (SSSR count). The molecular formula is C32H40N4O12. The maximum absolute atomic E-state index is 12.1. The molecule has 48 heavy (non-hydrogen) atoms. The van der Waals surface area contributed by atoms with Crippen LogP contribution in [0.1, 0.15) is 19.8 Å². The molecule has 0 spiro atoms. The van der Waals surface area contributed by atoms with Gasteiger partial charge in [0.2, 0.25) is 0 Å². The first-order valence-electron chi connectivity index (χ1n) is 15.5. The highest BCUT2D eigenvalue weighted by Crippen LogP contribution is 2.27. The van der Waals surface area contributed by atoms with Gasteiger partial charge in [-0.15, -0.1) is 0 Å². The Morgan fingerprint density at radius 1 is 0.729 bits per heavy atom. The maximum atomic E-state index is 12.1. The van der Waals surface area contributed by atoms with Gasteiger partial charge >= 0.3 is 18.2 Å². The van der Waals surface area contributed by atoms with E-state index in [1.807, 2.05) is 6.92 Å². The van der Waals surface area contributed by atoms with E-state index in [1.165, 1.54) is 9.80 Å². The van der Waals surface area contributed by atoms with Gasteiger partial charge in [0.15, 0.2) is 6.10 Å². The Bertz CT molecular complexity index is 1440. The molecule has 16 nitrogen and oxygen atoms in total. The van der Waals surface area contributed by atoms with E-state index in [0.717, 1.165) is 11.4 Å². The van der Waals surface area contributed by atoms with Crippen LogP contribution in [0.25, 0.3) is 0 Å². The highest BCUT2D eigenvalue weighted by molar-refractivity contribution is 5.96. The number of nitrogens with zero attached hydrogens (tertiary/aromatic N) is 4. The van der Waals surface area contributed by atoms with Crippen molar-refractivity contribution in [3.63, 3.8) is 0 Å². The van der Waals surface area contributed by atoms with Crippen LogP contribution in [0.15, 0.2) is 48.5 Å². The van der Waals surface area contributed by atoms with Crippen molar-refractivity contribution in [1.82, 2.24) is 0 Å². The highest BCUT2D eigenvalue weighted by Gasteiger charge is 2.34. The van der Waals surface area contributed by atoms with Crippen LogP contribution in [-0.2, 0) is 38.1 Å². The van der Waals surface area contributed by atoms with Crippen LogP contribution >= 0.6 is 0 Å². The molecule has 2 aromatic carbocycles. The Kier molecular flexibility index (Phi) is 12.7. The lowest BCUT2D eigenvalue weighted by Crippen LogP contribution is -2.41. The molecule has 2 atom stereocenters. The van der Waals surface area contributed by atoms with E-state index in [1.54, 1.807) is 58.3 Å². The number of esters is 1. The third-order valence-electron chi connectivity index (χ3n) is 7.75. The predicted molar refractivity (Wildman–Crippen MR) is 171 cm³/mol. The van der Waals surface area contributed by atoms with E-state index in [-0.39, 0.29) is 49.7 Å². The first kappa shape index (κ1) is 36.1. The van der Waals surface area contributed by atoms with Crippen molar-refractivity contribution in [3.05, 3.63) is 48.5 Å². The number of aliphatic hydroxyl groups excluding tert-OH is 1. The maximum Gasteiger partial charge on any atom is 0.414 e. The Morgan fingerprint density at radius 2 is 1.15 bits per heavy atom. The van der Waals surface area contributed by atoms with Crippen molar-refractivity contribution in [2.45, 2.75) is 32.0 Å². The fourth-order valence-corrected chi connectivity index (χ4v) is 5.32. The fraction of sp³-hybridized carbons (Fsp3) is 0.469. The van der Waals surface area contributed by atoms with E-state index >= 15 is 0 Å². The highest BCUT2D eigenvalue weighted by atomic mass is 16.6. The van der Waals surface area contributed by atoms with Crippen molar-refractivity contribution in [2.24, 2.45) is 0 Å². The second-order valence-corrected chi connectivity index (χ2v) is 11.1. The molecular weight excluding hydrogens is 632 g/mol. The van der Waals surface area contributed by atoms with Crippen molar-refractivity contribution >= 4 is 52.7 Å². The van der Waals surface area contributed by atoms with Crippen LogP contribution in [0.5, 0.6) is 0 Å². The summed E-state index contributed by atoms with van der Waals surface area (Å²) in [5.41, 5.74) is 2.89. The Balaban J connectivity index is 0.000000217. The van der Waals surface area contributed by atoms with E-state index in [9.17, 15) is 24.0 Å². The normalized spacial score (nSPS) is 20.9. The number of anilines is 4. The summed E-state index contributed by atoms with van der Waals surface area (Å²) in [6.07, 6.45) is -0.845. The average Bonchev–Trinajstić information content (AvgIpc) is 3.66. The molecule has 260 valence electrons. The summed E-state index contributed by atoms with van der Waals surface area (Å²) in [6.45, 7) is 4.63. The van der Waals surface area contributed by atoms with Gasteiger partial charge in [-0.05, 0) is 55.0 Å². The topological polar surface area (TPSA) is 196 Å². The van der Waals surface area contributed by atoms with Gasteiger partial charge in [0.25, 0.3) is 11.8 Å². The van der Waals surface area contributed by atoms with Crippen LogP contribution in [-0.4, -0.2) is 119 Å². The number of hydrogen-bond acceptors (Lipinski definition) is 11. The molecule has 4 amide bonds. The number of carbonyl (C=O) groups excluding carboxylic acids is 5. The quantitative estimate of drug-likeness (QED) is 0.297. The summed E-state index contributed by atoms with van der Waals surface area (Å²) in [7, 11) is 0. The molecule has 4 saturated heterocycles. The number of benzene rings is 2. The molecule has 4 heterocycles. The first-order chi connectivity index (χ1) is 22.8. The van der Waals surface area contributed by atoms with Crippen LogP contribution in [0.2, 0.25) is 0 Å². The molecule has 3 N–H and O–H groups in total. The van der Waals surface area contributed by atoms with E-state index < -0.39 is 24.4 Å². The van der Waals surface area contributed by atoms with Gasteiger partial charge in [-0.1, -0.05) is 6.92 Å². The van der Waals surface area contributed by atoms with E-state index in [4.69, 9.17) is 28.8 Å². The van der Waals surface area contributed by atoms with Crippen LogP contribution in [0.4, 0.5) is 32.3 Å². The fourth-order valence-electron chi connectivity index (χ4n) is 5.32. The van der Waals surface area contributed by atoms with Gasteiger partial charge < -0.3 is 44.1 Å². The van der Waals surface area contributed by atoms with Crippen molar-refractivity contribution in [3.8, 4) is 0 Å². The summed E-state index contributed by atoms with van der Waals surface area (Å²) in [5, 5.41) is 9.03. The number of aliphatic hydroxyl groups is 1. The largest absolute Gasteiger partial charge is 0.462 e. The van der Waals surface area contributed by atoms with Gasteiger partial charge in [0.05, 0.1) is 32.9 Å². The molecule has 16 heteroatoms. The molecule has 0 aliphatic carbocycles. The number of carbonyl (C=O) groups is 5. The monoisotopic (exact) mass is 672 g/mol. The minimum atomic E-state index is -0.488. The second kappa shape index (κ2) is 16.9. The second-order valence-electron chi connectivity index (χ2n) is 11.1. The lowest BCUT2D eigenvalue weighted by molar-refractivity contribution is -0.146. The van der Waals surface area contributed by atoms with E-state index in [0.29, 0.717) is 63.6 Å². The molecule has 0 bridgehead atoms. The lowest BCUT2D eigenvalue weighted by Gasteiger charge is -2.27.